The molecule has 1 amide bonds. The zero-order valence-electron chi connectivity index (χ0n) is 57.2. The lowest BCUT2D eigenvalue weighted by Crippen LogP contribution is -2.61. The van der Waals surface area contributed by atoms with Crippen LogP contribution in [0.25, 0.3) is 0 Å². The van der Waals surface area contributed by atoms with Gasteiger partial charge < -0.3 is 45.1 Å². The van der Waals surface area contributed by atoms with E-state index in [1.54, 1.807) is 6.08 Å². The van der Waals surface area contributed by atoms with Gasteiger partial charge in [-0.05, 0) is 57.8 Å². The van der Waals surface area contributed by atoms with Gasteiger partial charge in [0.15, 0.2) is 12.4 Å². The van der Waals surface area contributed by atoms with Crippen molar-refractivity contribution in [3.05, 3.63) is 36.5 Å². The molecular formula is C76H143NO10. The molecule has 0 radical (unpaired) electrons. The van der Waals surface area contributed by atoms with Gasteiger partial charge in [0.2, 0.25) is 5.91 Å². The van der Waals surface area contributed by atoms with Crippen molar-refractivity contribution >= 4 is 11.9 Å². The maximum Gasteiger partial charge on any atom is 0.306 e. The van der Waals surface area contributed by atoms with E-state index < -0.39 is 67.4 Å². The van der Waals surface area contributed by atoms with E-state index >= 15 is 0 Å². The highest BCUT2D eigenvalue weighted by atomic mass is 16.7. The van der Waals surface area contributed by atoms with Gasteiger partial charge in [0.25, 0.3) is 0 Å². The summed E-state index contributed by atoms with van der Waals surface area (Å²) in [7, 11) is 0. The Morgan fingerprint density at radius 3 is 1.20 bits per heavy atom. The summed E-state index contributed by atoms with van der Waals surface area (Å²) in [6, 6.07) is -1.02. The lowest BCUT2D eigenvalue weighted by molar-refractivity contribution is -0.305. The predicted molar refractivity (Wildman–Crippen MR) is 366 cm³/mol. The minimum atomic E-state index is -1.61. The highest BCUT2D eigenvalue weighted by Crippen LogP contribution is 2.27. The van der Waals surface area contributed by atoms with Crippen molar-refractivity contribution < 1.29 is 49.3 Å². The van der Waals surface area contributed by atoms with Gasteiger partial charge in [-0.25, -0.2) is 0 Å². The zero-order chi connectivity index (χ0) is 63.1. The van der Waals surface area contributed by atoms with Crippen LogP contribution in [0.1, 0.15) is 374 Å². The molecule has 512 valence electrons. The third-order valence-corrected chi connectivity index (χ3v) is 18.0. The molecule has 6 N–H and O–H groups in total. The zero-order valence-corrected chi connectivity index (χ0v) is 57.2. The first-order valence-corrected chi connectivity index (χ1v) is 37.8. The van der Waals surface area contributed by atoms with Gasteiger partial charge in [-0.2, -0.15) is 0 Å². The molecule has 11 heteroatoms. The summed E-state index contributed by atoms with van der Waals surface area (Å²) in [5, 5.41) is 57.3. The lowest BCUT2D eigenvalue weighted by atomic mass is 9.99. The average Bonchev–Trinajstić information content (AvgIpc) is 1.30. The Labute approximate surface area is 536 Å². The van der Waals surface area contributed by atoms with Crippen LogP contribution in [0.3, 0.4) is 0 Å². The normalized spacial score (nSPS) is 18.4. The minimum absolute atomic E-state index is 0.130. The number of unbranched alkanes of at least 4 members (excludes halogenated alkanes) is 48. The van der Waals surface area contributed by atoms with Crippen LogP contribution >= 0.6 is 0 Å². The molecule has 1 fully saturated rings. The van der Waals surface area contributed by atoms with Gasteiger partial charge in [0.1, 0.15) is 24.4 Å². The van der Waals surface area contributed by atoms with Gasteiger partial charge in [-0.1, -0.05) is 346 Å². The quantitative estimate of drug-likeness (QED) is 0.0195. The molecule has 8 unspecified atom stereocenters. The summed E-state index contributed by atoms with van der Waals surface area (Å²) in [4.78, 5) is 26.7. The molecule has 0 saturated carbocycles. The largest absolute Gasteiger partial charge is 0.454 e. The van der Waals surface area contributed by atoms with Gasteiger partial charge in [0, 0.05) is 6.42 Å². The molecule has 1 saturated heterocycles. The Kier molecular flexibility index (Phi) is 61.0. The van der Waals surface area contributed by atoms with Gasteiger partial charge in [-0.3, -0.25) is 9.59 Å². The summed E-state index contributed by atoms with van der Waals surface area (Å²) in [6.45, 7) is 5.83. The molecule has 1 aliphatic heterocycles. The van der Waals surface area contributed by atoms with Crippen LogP contribution in [0.2, 0.25) is 0 Å². The van der Waals surface area contributed by atoms with Crippen molar-refractivity contribution in [2.45, 2.75) is 423 Å². The number of allylic oxidation sites excluding steroid dienone is 5. The van der Waals surface area contributed by atoms with Crippen LogP contribution in [0.15, 0.2) is 36.5 Å². The number of amides is 1. The Hall–Kier alpha value is -2.12. The molecule has 8 atom stereocenters. The number of aliphatic hydroxyl groups excluding tert-OH is 5. The topological polar surface area (TPSA) is 175 Å². The molecule has 1 aliphatic rings. The first-order chi connectivity index (χ1) is 42.7. The van der Waals surface area contributed by atoms with Crippen LogP contribution in [0.4, 0.5) is 0 Å². The molecular weight excluding hydrogens is 1090 g/mol. The third-order valence-electron chi connectivity index (χ3n) is 18.0. The van der Waals surface area contributed by atoms with E-state index in [2.05, 4.69) is 50.4 Å². The molecule has 11 nitrogen and oxygen atoms in total. The van der Waals surface area contributed by atoms with Crippen molar-refractivity contribution in [2.24, 2.45) is 0 Å². The van der Waals surface area contributed by atoms with Gasteiger partial charge in [0.05, 0.1) is 25.4 Å². The minimum Gasteiger partial charge on any atom is -0.454 e. The van der Waals surface area contributed by atoms with E-state index in [1.807, 2.05) is 6.08 Å². The van der Waals surface area contributed by atoms with E-state index in [4.69, 9.17) is 14.2 Å². The number of esters is 1. The summed E-state index contributed by atoms with van der Waals surface area (Å²) < 4.78 is 17.7. The lowest BCUT2D eigenvalue weighted by Gasteiger charge is -2.41. The molecule has 1 heterocycles. The number of hydrogen-bond donors (Lipinski definition) is 6. The van der Waals surface area contributed by atoms with E-state index in [1.165, 1.54) is 263 Å². The summed E-state index contributed by atoms with van der Waals surface area (Å²) in [6.07, 6.45) is 69.2. The predicted octanol–water partition coefficient (Wildman–Crippen LogP) is 19.7. The fourth-order valence-corrected chi connectivity index (χ4v) is 12.1. The van der Waals surface area contributed by atoms with E-state index in [0.29, 0.717) is 19.3 Å². The first kappa shape index (κ1) is 82.9. The number of carbonyl (C=O) groups is 2. The molecule has 1 rings (SSSR count). The Bertz CT molecular complexity index is 1560. The van der Waals surface area contributed by atoms with Crippen molar-refractivity contribution in [3.8, 4) is 0 Å². The van der Waals surface area contributed by atoms with Crippen LogP contribution in [0.5, 0.6) is 0 Å². The number of aliphatic hydroxyl groups is 5. The standard InChI is InChI=1S/C76H143NO10/c1-4-7-10-13-16-19-22-24-26-28-30-32-33-34-35-36-38-39-41-43-45-48-51-54-57-60-63-69(80)75(84)77-67(68(79)62-59-56-53-50-47-21-18-15-12-9-6-3)66-85-76-74(73(83)72(82)70(65-78)86-76)87-71(81)64-61-58-55-52-49-46-44-42-40-37-31-29-27-25-23-20-17-14-11-8-5-2/h16,19,24,26,59,62,67-70,72-74,76,78-80,82-83H,4-15,17-18,20-23,25,27-58,60-61,63-66H2,1-3H3,(H,77,84)/b19-16-,26-24-,62-59+. The second-order valence-electron chi connectivity index (χ2n) is 26.4. The maximum absolute atomic E-state index is 13.5. The molecule has 0 aromatic carbocycles. The van der Waals surface area contributed by atoms with Crippen molar-refractivity contribution in [2.75, 3.05) is 13.2 Å². The summed E-state index contributed by atoms with van der Waals surface area (Å²) >= 11 is 0. The first-order valence-electron chi connectivity index (χ1n) is 37.8. The fraction of sp³-hybridized carbons (Fsp3) is 0.895. The highest BCUT2D eigenvalue weighted by molar-refractivity contribution is 5.80. The number of ether oxygens (including phenoxy) is 3. The van der Waals surface area contributed by atoms with Gasteiger partial charge in [-0.15, -0.1) is 0 Å². The fourth-order valence-electron chi connectivity index (χ4n) is 12.1. The average molecular weight is 1230 g/mol. The Morgan fingerprint density at radius 2 is 0.793 bits per heavy atom. The molecule has 0 bridgehead atoms. The molecule has 0 aromatic rings. The van der Waals surface area contributed by atoms with Crippen LogP contribution < -0.4 is 5.32 Å². The third kappa shape index (κ3) is 51.1. The Balaban J connectivity index is 2.50. The molecule has 0 aromatic heterocycles. The number of hydrogen-bond acceptors (Lipinski definition) is 10. The summed E-state index contributed by atoms with van der Waals surface area (Å²) in [5.74, 6) is -1.17. The number of carbonyl (C=O) groups excluding carboxylic acids is 2. The number of nitrogens with one attached hydrogen (secondary N) is 1. The summed E-state index contributed by atoms with van der Waals surface area (Å²) in [5.41, 5.74) is 0. The molecule has 0 spiro atoms. The van der Waals surface area contributed by atoms with E-state index in [-0.39, 0.29) is 13.0 Å². The van der Waals surface area contributed by atoms with Gasteiger partial charge >= 0.3 is 5.97 Å². The maximum atomic E-state index is 13.5. The second kappa shape index (κ2) is 64.0. The van der Waals surface area contributed by atoms with Crippen LogP contribution in [-0.4, -0.2) is 99.6 Å². The van der Waals surface area contributed by atoms with E-state index in [9.17, 15) is 35.1 Å². The smallest absolute Gasteiger partial charge is 0.306 e. The molecule has 0 aliphatic carbocycles. The Morgan fingerprint density at radius 1 is 0.448 bits per heavy atom. The SMILES string of the molecule is CCCCC/C=C\C/C=C\CCCCCCCCCCCCCCCCCCC(O)C(=O)NC(COC1OC(CO)C(O)C(O)C1OC(=O)CCCCCCCCCCCCCCCCCCCCCCC)C(O)/C=C/CCCCCCCCCCC. The van der Waals surface area contributed by atoms with E-state index in [0.717, 1.165) is 64.2 Å². The highest BCUT2D eigenvalue weighted by Gasteiger charge is 2.47. The number of rotatable bonds is 66. The van der Waals surface area contributed by atoms with Crippen LogP contribution in [0, 0.1) is 0 Å². The van der Waals surface area contributed by atoms with Crippen molar-refractivity contribution in [3.63, 3.8) is 0 Å². The second-order valence-corrected chi connectivity index (χ2v) is 26.4. The van der Waals surface area contributed by atoms with Crippen LogP contribution in [-0.2, 0) is 23.8 Å². The van der Waals surface area contributed by atoms with Crippen molar-refractivity contribution in [1.29, 1.82) is 0 Å². The molecule has 87 heavy (non-hydrogen) atoms. The van der Waals surface area contributed by atoms with Crippen molar-refractivity contribution in [1.82, 2.24) is 5.32 Å². The monoisotopic (exact) mass is 1230 g/mol.